The first kappa shape index (κ1) is 20.1. The zero-order valence-electron chi connectivity index (χ0n) is 15.5. The van der Waals surface area contributed by atoms with Crippen LogP contribution in [0.4, 0.5) is 10.2 Å². The second-order valence-corrected chi connectivity index (χ2v) is 9.01. The van der Waals surface area contributed by atoms with Gasteiger partial charge in [-0.15, -0.1) is 0 Å². The molecule has 2 N–H and O–H groups in total. The molecule has 0 fully saturated rings. The number of halogens is 2. The van der Waals surface area contributed by atoms with E-state index in [0.29, 0.717) is 21.5 Å². The van der Waals surface area contributed by atoms with Gasteiger partial charge in [0.05, 0.1) is 11.3 Å². The molecule has 0 saturated carbocycles. The van der Waals surface area contributed by atoms with E-state index in [1.54, 1.807) is 36.4 Å². The molecule has 4 rings (SSSR count). The van der Waals surface area contributed by atoms with Gasteiger partial charge >= 0.3 is 0 Å². The number of amides is 1. The van der Waals surface area contributed by atoms with Gasteiger partial charge in [-0.25, -0.2) is 12.8 Å². The molecule has 0 aliphatic rings. The van der Waals surface area contributed by atoms with Gasteiger partial charge in [0.1, 0.15) is 16.5 Å². The summed E-state index contributed by atoms with van der Waals surface area (Å²) in [5, 5.41) is 3.40. The minimum absolute atomic E-state index is 0.0405. The number of aromatic amines is 1. The van der Waals surface area contributed by atoms with Crippen molar-refractivity contribution in [1.29, 1.82) is 0 Å². The van der Waals surface area contributed by atoms with Gasteiger partial charge in [-0.05, 0) is 48.0 Å². The van der Waals surface area contributed by atoms with Crippen LogP contribution in [-0.2, 0) is 21.1 Å². The fourth-order valence-corrected chi connectivity index (χ4v) is 4.95. The minimum atomic E-state index is -3.95. The Hall–Kier alpha value is -3.16. The molecule has 1 amide bonds. The van der Waals surface area contributed by atoms with Crippen molar-refractivity contribution in [3.05, 3.63) is 89.2 Å². The maximum Gasteiger partial charge on any atom is 0.229 e. The topological polar surface area (TPSA) is 79.0 Å². The third-order valence-electron chi connectivity index (χ3n) is 4.58. The second-order valence-electron chi connectivity index (χ2n) is 6.69. The average molecular weight is 443 g/mol. The highest BCUT2D eigenvalue weighted by Crippen LogP contribution is 2.36. The Morgan fingerprint density at radius 2 is 1.70 bits per heavy atom. The van der Waals surface area contributed by atoms with Crippen LogP contribution in [0.3, 0.4) is 0 Å². The van der Waals surface area contributed by atoms with Crippen molar-refractivity contribution in [2.75, 3.05) is 5.32 Å². The number of benzene rings is 3. The van der Waals surface area contributed by atoms with Crippen LogP contribution < -0.4 is 5.32 Å². The summed E-state index contributed by atoms with van der Waals surface area (Å²) < 4.78 is 39.8. The Labute approximate surface area is 177 Å². The molecule has 1 aromatic heterocycles. The average Bonchev–Trinajstić information content (AvgIpc) is 3.07. The van der Waals surface area contributed by atoms with Crippen LogP contribution in [0.2, 0.25) is 5.02 Å². The van der Waals surface area contributed by atoms with Crippen LogP contribution in [0, 0.1) is 5.82 Å². The molecule has 0 aliphatic heterocycles. The Bertz CT molecular complexity index is 1330. The number of hydrogen-bond acceptors (Lipinski definition) is 3. The normalized spacial score (nSPS) is 11.5. The van der Waals surface area contributed by atoms with E-state index in [0.717, 1.165) is 0 Å². The molecule has 30 heavy (non-hydrogen) atoms. The van der Waals surface area contributed by atoms with Crippen LogP contribution in [0.5, 0.6) is 0 Å². The highest BCUT2D eigenvalue weighted by molar-refractivity contribution is 7.92. The fraction of sp³-hybridized carbons (Fsp3) is 0.0455. The van der Waals surface area contributed by atoms with E-state index in [1.165, 1.54) is 36.4 Å². The third kappa shape index (κ3) is 3.94. The number of aromatic nitrogens is 1. The van der Waals surface area contributed by atoms with Crippen molar-refractivity contribution in [3.63, 3.8) is 0 Å². The standard InChI is InChI=1S/C22H16ClFN2O3S/c23-15-8-11-19-18(13-15)21(30(28,29)17-4-2-1-3-5-17)22(25-19)26-20(27)12-14-6-9-16(24)10-7-14/h1-11,13,25H,12H2,(H,26,27). The third-order valence-corrected chi connectivity index (χ3v) is 6.67. The number of sulfone groups is 1. The number of hydrogen-bond donors (Lipinski definition) is 2. The van der Waals surface area contributed by atoms with Crippen LogP contribution in [0.1, 0.15) is 5.56 Å². The molecule has 3 aromatic carbocycles. The van der Waals surface area contributed by atoms with E-state index >= 15 is 0 Å². The summed E-state index contributed by atoms with van der Waals surface area (Å²) in [5.41, 5.74) is 1.12. The molecule has 8 heteroatoms. The number of rotatable bonds is 5. The molecule has 0 radical (unpaired) electrons. The number of anilines is 1. The Morgan fingerprint density at radius 3 is 2.40 bits per heavy atom. The predicted octanol–water partition coefficient (Wildman–Crippen LogP) is 4.97. The summed E-state index contributed by atoms with van der Waals surface area (Å²) in [6, 6.07) is 18.3. The lowest BCUT2D eigenvalue weighted by Gasteiger charge is -2.09. The molecule has 4 aromatic rings. The van der Waals surface area contributed by atoms with Crippen molar-refractivity contribution in [3.8, 4) is 0 Å². The summed E-state index contributed by atoms with van der Waals surface area (Å²) in [6.45, 7) is 0. The van der Waals surface area contributed by atoms with E-state index in [1.807, 2.05) is 0 Å². The number of fused-ring (bicyclic) bond motifs is 1. The van der Waals surface area contributed by atoms with Gasteiger partial charge in [-0.3, -0.25) is 4.79 Å². The lowest BCUT2D eigenvalue weighted by Crippen LogP contribution is -2.16. The van der Waals surface area contributed by atoms with E-state index in [9.17, 15) is 17.6 Å². The fourth-order valence-electron chi connectivity index (χ4n) is 3.20. The summed E-state index contributed by atoms with van der Waals surface area (Å²) in [4.78, 5) is 15.6. The highest BCUT2D eigenvalue weighted by atomic mass is 35.5. The molecule has 0 unspecified atom stereocenters. The van der Waals surface area contributed by atoms with Crippen molar-refractivity contribution in [2.45, 2.75) is 16.2 Å². The van der Waals surface area contributed by atoms with Crippen molar-refractivity contribution in [1.82, 2.24) is 4.98 Å². The zero-order chi connectivity index (χ0) is 21.3. The maximum absolute atomic E-state index is 13.4. The number of H-pyrrole nitrogens is 1. The first-order valence-corrected chi connectivity index (χ1v) is 10.9. The van der Waals surface area contributed by atoms with E-state index in [2.05, 4.69) is 10.3 Å². The Morgan fingerprint density at radius 1 is 1.00 bits per heavy atom. The maximum atomic E-state index is 13.4. The van der Waals surface area contributed by atoms with Gasteiger partial charge in [0.15, 0.2) is 0 Å². The number of carbonyl (C=O) groups is 1. The predicted molar refractivity (Wildman–Crippen MR) is 114 cm³/mol. The Balaban J connectivity index is 1.77. The van der Waals surface area contributed by atoms with Crippen molar-refractivity contribution in [2.24, 2.45) is 0 Å². The summed E-state index contributed by atoms with van der Waals surface area (Å²) >= 11 is 6.10. The summed E-state index contributed by atoms with van der Waals surface area (Å²) in [7, 11) is -3.95. The Kier molecular flexibility index (Phi) is 5.32. The van der Waals surface area contributed by atoms with Crippen LogP contribution in [0.25, 0.3) is 10.9 Å². The molecule has 152 valence electrons. The van der Waals surface area contributed by atoms with Crippen molar-refractivity contribution >= 4 is 44.1 Å². The summed E-state index contributed by atoms with van der Waals surface area (Å²) in [5.74, 6) is -0.783. The first-order valence-electron chi connectivity index (χ1n) is 9.00. The molecule has 0 spiro atoms. The number of carbonyl (C=O) groups excluding carboxylic acids is 1. The van der Waals surface area contributed by atoms with Gasteiger partial charge in [-0.1, -0.05) is 41.9 Å². The molecule has 5 nitrogen and oxygen atoms in total. The van der Waals surface area contributed by atoms with E-state index in [4.69, 9.17) is 11.6 Å². The monoisotopic (exact) mass is 442 g/mol. The van der Waals surface area contributed by atoms with Crippen LogP contribution >= 0.6 is 11.6 Å². The van der Waals surface area contributed by atoms with Gasteiger partial charge in [-0.2, -0.15) is 0 Å². The SMILES string of the molecule is O=C(Cc1ccc(F)cc1)Nc1[nH]c2ccc(Cl)cc2c1S(=O)(=O)c1ccccc1. The van der Waals surface area contributed by atoms with Crippen LogP contribution in [-0.4, -0.2) is 19.3 Å². The van der Waals surface area contributed by atoms with Gasteiger partial charge in [0.2, 0.25) is 15.7 Å². The summed E-state index contributed by atoms with van der Waals surface area (Å²) in [6.07, 6.45) is -0.0405. The molecule has 0 atom stereocenters. The lowest BCUT2D eigenvalue weighted by molar-refractivity contribution is -0.115. The molecular weight excluding hydrogens is 427 g/mol. The quantitative estimate of drug-likeness (QED) is 0.457. The largest absolute Gasteiger partial charge is 0.340 e. The van der Waals surface area contributed by atoms with E-state index < -0.39 is 21.6 Å². The van der Waals surface area contributed by atoms with Gasteiger partial charge in [0, 0.05) is 15.9 Å². The van der Waals surface area contributed by atoms with Gasteiger partial charge in [0.25, 0.3) is 0 Å². The van der Waals surface area contributed by atoms with E-state index in [-0.39, 0.29) is 22.0 Å². The first-order chi connectivity index (χ1) is 14.3. The smallest absolute Gasteiger partial charge is 0.229 e. The molecule has 1 heterocycles. The van der Waals surface area contributed by atoms with Gasteiger partial charge < -0.3 is 10.3 Å². The highest BCUT2D eigenvalue weighted by Gasteiger charge is 2.27. The lowest BCUT2D eigenvalue weighted by atomic mass is 10.1. The minimum Gasteiger partial charge on any atom is -0.340 e. The zero-order valence-corrected chi connectivity index (χ0v) is 17.1. The molecule has 0 bridgehead atoms. The van der Waals surface area contributed by atoms with Crippen LogP contribution in [0.15, 0.2) is 82.6 Å². The van der Waals surface area contributed by atoms with Crippen molar-refractivity contribution < 1.29 is 17.6 Å². The number of nitrogens with one attached hydrogen (secondary N) is 2. The second kappa shape index (κ2) is 7.93. The molecular formula is C22H16ClFN2O3S. The molecule has 0 saturated heterocycles. The molecule has 0 aliphatic carbocycles.